The standard InChI is InChI=1S/C30H42O6/c1-19(2)15-33-24-10-11-25(28(14-24)35-17-21(5)6)29(31)23-9-12-27(34-16-20(3)4)26(13-23)30(32)36-18-22(7)8/h9-14,19-22H,15-18H2,1-8H3. The van der Waals surface area contributed by atoms with Gasteiger partial charge in [-0.3, -0.25) is 4.79 Å². The van der Waals surface area contributed by atoms with Gasteiger partial charge < -0.3 is 18.9 Å². The van der Waals surface area contributed by atoms with Crippen LogP contribution in [0.15, 0.2) is 36.4 Å². The van der Waals surface area contributed by atoms with E-state index in [4.69, 9.17) is 18.9 Å². The van der Waals surface area contributed by atoms with E-state index in [1.165, 1.54) is 0 Å². The second kappa shape index (κ2) is 13.9. The van der Waals surface area contributed by atoms with Gasteiger partial charge in [0, 0.05) is 11.6 Å². The van der Waals surface area contributed by atoms with Crippen molar-refractivity contribution in [2.45, 2.75) is 55.4 Å². The molecule has 36 heavy (non-hydrogen) atoms. The van der Waals surface area contributed by atoms with Crippen molar-refractivity contribution in [1.29, 1.82) is 0 Å². The van der Waals surface area contributed by atoms with Crippen LogP contribution < -0.4 is 14.2 Å². The van der Waals surface area contributed by atoms with Crippen molar-refractivity contribution in [3.8, 4) is 17.2 Å². The predicted molar refractivity (Wildman–Crippen MR) is 142 cm³/mol. The van der Waals surface area contributed by atoms with Gasteiger partial charge >= 0.3 is 5.97 Å². The molecule has 6 nitrogen and oxygen atoms in total. The van der Waals surface area contributed by atoms with Crippen molar-refractivity contribution in [3.05, 3.63) is 53.1 Å². The fraction of sp³-hybridized carbons (Fsp3) is 0.533. The third-order valence-electron chi connectivity index (χ3n) is 4.93. The Hall–Kier alpha value is -3.02. The molecule has 198 valence electrons. The normalized spacial score (nSPS) is 11.3. The average molecular weight is 499 g/mol. The molecule has 0 saturated heterocycles. The van der Waals surface area contributed by atoms with Gasteiger partial charge in [0.15, 0.2) is 5.78 Å². The molecule has 0 amide bonds. The second-order valence-electron chi connectivity index (χ2n) is 10.8. The lowest BCUT2D eigenvalue weighted by atomic mass is 9.99. The molecule has 0 spiro atoms. The van der Waals surface area contributed by atoms with Crippen molar-refractivity contribution in [3.63, 3.8) is 0 Å². The maximum absolute atomic E-state index is 13.6. The minimum Gasteiger partial charge on any atom is -0.493 e. The van der Waals surface area contributed by atoms with E-state index in [-0.39, 0.29) is 35.7 Å². The average Bonchev–Trinajstić information content (AvgIpc) is 2.82. The summed E-state index contributed by atoms with van der Waals surface area (Å²) in [6, 6.07) is 10.1. The van der Waals surface area contributed by atoms with E-state index >= 15 is 0 Å². The number of hydrogen-bond acceptors (Lipinski definition) is 6. The van der Waals surface area contributed by atoms with Crippen molar-refractivity contribution < 1.29 is 28.5 Å². The van der Waals surface area contributed by atoms with E-state index in [9.17, 15) is 9.59 Å². The highest BCUT2D eigenvalue weighted by Crippen LogP contribution is 2.30. The van der Waals surface area contributed by atoms with Gasteiger partial charge in [-0.15, -0.1) is 0 Å². The Balaban J connectivity index is 2.43. The van der Waals surface area contributed by atoms with Crippen molar-refractivity contribution >= 4 is 11.8 Å². The lowest BCUT2D eigenvalue weighted by molar-refractivity contribution is 0.0453. The number of carbonyl (C=O) groups excluding carboxylic acids is 2. The van der Waals surface area contributed by atoms with Crippen LogP contribution in [0.4, 0.5) is 0 Å². The minimum absolute atomic E-state index is 0.191. The molecule has 0 saturated carbocycles. The molecule has 0 aliphatic carbocycles. The first-order chi connectivity index (χ1) is 17.0. The highest BCUT2D eigenvalue weighted by molar-refractivity contribution is 6.12. The summed E-state index contributed by atoms with van der Waals surface area (Å²) >= 11 is 0. The topological polar surface area (TPSA) is 71.1 Å². The maximum Gasteiger partial charge on any atom is 0.341 e. The molecule has 0 bridgehead atoms. The van der Waals surface area contributed by atoms with Crippen LogP contribution in [0.3, 0.4) is 0 Å². The van der Waals surface area contributed by atoms with Gasteiger partial charge in [-0.2, -0.15) is 0 Å². The third kappa shape index (κ3) is 9.21. The third-order valence-corrected chi connectivity index (χ3v) is 4.93. The Kier molecular flexibility index (Phi) is 11.3. The van der Waals surface area contributed by atoms with E-state index in [2.05, 4.69) is 13.8 Å². The number of benzene rings is 2. The van der Waals surface area contributed by atoms with E-state index in [0.717, 1.165) is 0 Å². The van der Waals surface area contributed by atoms with Crippen LogP contribution in [0.25, 0.3) is 0 Å². The van der Waals surface area contributed by atoms with Crippen LogP contribution >= 0.6 is 0 Å². The van der Waals surface area contributed by atoms with Crippen LogP contribution in [0, 0.1) is 23.7 Å². The fourth-order valence-corrected chi connectivity index (χ4v) is 3.11. The molecule has 0 unspecified atom stereocenters. The Morgan fingerprint density at radius 2 is 1.17 bits per heavy atom. The van der Waals surface area contributed by atoms with Crippen LogP contribution in [0.1, 0.15) is 81.7 Å². The number of rotatable bonds is 14. The van der Waals surface area contributed by atoms with E-state index < -0.39 is 5.97 Å². The molecule has 0 fully saturated rings. The highest BCUT2D eigenvalue weighted by atomic mass is 16.5. The van der Waals surface area contributed by atoms with Crippen LogP contribution in [-0.4, -0.2) is 38.2 Å². The zero-order chi connectivity index (χ0) is 26.8. The lowest BCUT2D eigenvalue weighted by Gasteiger charge is -2.17. The summed E-state index contributed by atoms with van der Waals surface area (Å²) in [5.74, 6) is 1.88. The monoisotopic (exact) mass is 498 g/mol. The summed E-state index contributed by atoms with van der Waals surface area (Å²) in [5.41, 5.74) is 1.00. The predicted octanol–water partition coefficient (Wildman–Crippen LogP) is 6.83. The molecule has 0 heterocycles. The summed E-state index contributed by atoms with van der Waals surface area (Å²) in [4.78, 5) is 26.5. The van der Waals surface area contributed by atoms with Gasteiger partial charge in [-0.25, -0.2) is 4.79 Å². The van der Waals surface area contributed by atoms with Gasteiger partial charge in [0.25, 0.3) is 0 Å². The smallest absolute Gasteiger partial charge is 0.341 e. The molecular formula is C30H42O6. The van der Waals surface area contributed by atoms with Gasteiger partial charge in [0.1, 0.15) is 22.8 Å². The van der Waals surface area contributed by atoms with Crippen molar-refractivity contribution in [1.82, 2.24) is 0 Å². The number of ether oxygens (including phenoxy) is 4. The summed E-state index contributed by atoms with van der Waals surface area (Å²) in [5, 5.41) is 0. The van der Waals surface area contributed by atoms with E-state index in [0.29, 0.717) is 54.1 Å². The molecule has 2 aromatic rings. The molecule has 0 aliphatic rings. The first kappa shape index (κ1) is 29.2. The van der Waals surface area contributed by atoms with Gasteiger partial charge in [0.05, 0.1) is 32.0 Å². The number of esters is 1. The molecule has 0 aromatic heterocycles. The SMILES string of the molecule is CC(C)COC(=O)c1cc(C(=O)c2ccc(OCC(C)C)cc2OCC(C)C)ccc1OCC(C)C. The van der Waals surface area contributed by atoms with Gasteiger partial charge in [-0.05, 0) is 54.0 Å². The Morgan fingerprint density at radius 3 is 1.75 bits per heavy atom. The van der Waals surface area contributed by atoms with Crippen LogP contribution in [-0.2, 0) is 4.74 Å². The second-order valence-corrected chi connectivity index (χ2v) is 10.8. The van der Waals surface area contributed by atoms with E-state index in [1.54, 1.807) is 36.4 Å². The first-order valence-corrected chi connectivity index (χ1v) is 12.9. The zero-order valence-electron chi connectivity index (χ0n) is 23.1. The molecule has 0 radical (unpaired) electrons. The molecule has 0 aliphatic heterocycles. The highest BCUT2D eigenvalue weighted by Gasteiger charge is 2.22. The fourth-order valence-electron chi connectivity index (χ4n) is 3.11. The molecule has 0 atom stereocenters. The Bertz CT molecular complexity index is 1010. The quantitative estimate of drug-likeness (QED) is 0.210. The lowest BCUT2D eigenvalue weighted by Crippen LogP contribution is -2.15. The Labute approximate surface area is 216 Å². The number of carbonyl (C=O) groups is 2. The Morgan fingerprint density at radius 1 is 0.611 bits per heavy atom. The van der Waals surface area contributed by atoms with Crippen molar-refractivity contribution in [2.24, 2.45) is 23.7 Å². The first-order valence-electron chi connectivity index (χ1n) is 12.9. The van der Waals surface area contributed by atoms with Gasteiger partial charge in [-0.1, -0.05) is 55.4 Å². The number of hydrogen-bond donors (Lipinski definition) is 0. The van der Waals surface area contributed by atoms with Crippen molar-refractivity contribution in [2.75, 3.05) is 26.4 Å². The maximum atomic E-state index is 13.6. The number of ketones is 1. The van der Waals surface area contributed by atoms with E-state index in [1.807, 2.05) is 41.5 Å². The molecule has 2 aromatic carbocycles. The van der Waals surface area contributed by atoms with Crippen LogP contribution in [0.2, 0.25) is 0 Å². The molecule has 6 heteroatoms. The summed E-state index contributed by atoms with van der Waals surface area (Å²) in [7, 11) is 0. The summed E-state index contributed by atoms with van der Waals surface area (Å²) < 4.78 is 23.2. The summed E-state index contributed by atoms with van der Waals surface area (Å²) in [6.45, 7) is 18.0. The largest absolute Gasteiger partial charge is 0.493 e. The zero-order valence-corrected chi connectivity index (χ0v) is 23.1. The molecular weight excluding hydrogens is 456 g/mol. The van der Waals surface area contributed by atoms with Crippen LogP contribution in [0.5, 0.6) is 17.2 Å². The molecule has 2 rings (SSSR count). The molecule has 0 N–H and O–H groups in total. The summed E-state index contributed by atoms with van der Waals surface area (Å²) in [6.07, 6.45) is 0. The minimum atomic E-state index is -0.508. The van der Waals surface area contributed by atoms with Gasteiger partial charge in [0.2, 0.25) is 0 Å².